The fraction of sp³-hybridized carbons (Fsp3) is 0.571. The molecule has 0 bridgehead atoms. The molecule has 1 N–H and O–H groups in total. The maximum absolute atomic E-state index is 12.8. The Morgan fingerprint density at radius 1 is 0.388 bits per heavy atom. The summed E-state index contributed by atoms with van der Waals surface area (Å²) < 4.78 is 34.6. The van der Waals surface area contributed by atoms with E-state index < -0.39 is 32.5 Å². The van der Waals surface area contributed by atoms with E-state index in [0.717, 1.165) is 141 Å². The van der Waals surface area contributed by atoms with Crippen molar-refractivity contribution in [2.24, 2.45) is 0 Å². The van der Waals surface area contributed by atoms with Crippen LogP contribution in [0.2, 0.25) is 0 Å². The largest absolute Gasteiger partial charge is 0.472 e. The van der Waals surface area contributed by atoms with Gasteiger partial charge in [-0.05, 0) is 128 Å². The fourth-order valence-electron chi connectivity index (χ4n) is 7.56. The van der Waals surface area contributed by atoms with E-state index >= 15 is 0 Å². The highest BCUT2D eigenvalue weighted by atomic mass is 31.2. The number of rotatable bonds is 54. The van der Waals surface area contributed by atoms with Crippen LogP contribution in [0.15, 0.2) is 170 Å². The van der Waals surface area contributed by atoms with E-state index in [1.807, 2.05) is 21.1 Å². The number of phosphoric ester groups is 1. The summed E-state index contributed by atoms with van der Waals surface area (Å²) in [5.41, 5.74) is 0. The molecule has 9 nitrogen and oxygen atoms in total. The van der Waals surface area contributed by atoms with E-state index in [1.54, 1.807) is 0 Å². The van der Waals surface area contributed by atoms with Crippen LogP contribution < -0.4 is 0 Å². The van der Waals surface area contributed by atoms with Crippen molar-refractivity contribution < 1.29 is 42.1 Å². The molecule has 0 aromatic carbocycles. The van der Waals surface area contributed by atoms with Gasteiger partial charge in [-0.2, -0.15) is 0 Å². The quantitative estimate of drug-likeness (QED) is 0.0211. The molecule has 0 rings (SSSR count). The van der Waals surface area contributed by atoms with Crippen LogP contribution in [0.3, 0.4) is 0 Å². The second kappa shape index (κ2) is 59.0. The molecule has 0 aliphatic heterocycles. The van der Waals surface area contributed by atoms with Crippen LogP contribution >= 0.6 is 7.82 Å². The Bertz CT molecular complexity index is 1950. The van der Waals surface area contributed by atoms with E-state index in [-0.39, 0.29) is 26.1 Å². The number of nitrogens with zero attached hydrogens (tertiary/aromatic N) is 1. The SMILES string of the molecule is CC/C=C\C/C=C\C/C=C\C/C=C\C/C=C\C/C=C\C/C=C\C/C=C\C/C=C\CCCCCC(=O)OC(COC(=O)CCCCCCCCCCC/C=C\C/C=C\C/C=C\C/C=C\C/C=C\CC)COP(=O)(O)OCC[N+](C)(C)C. The zero-order valence-corrected chi connectivity index (χ0v) is 51.9. The highest BCUT2D eigenvalue weighted by molar-refractivity contribution is 7.47. The number of carbonyl (C=O) groups excluding carboxylic acids is 2. The lowest BCUT2D eigenvalue weighted by molar-refractivity contribution is -0.870. The van der Waals surface area contributed by atoms with Crippen molar-refractivity contribution in [2.75, 3.05) is 47.5 Å². The van der Waals surface area contributed by atoms with Gasteiger partial charge in [-0.25, -0.2) is 4.57 Å². The molecule has 0 saturated heterocycles. The lowest BCUT2D eigenvalue weighted by Gasteiger charge is -2.24. The summed E-state index contributed by atoms with van der Waals surface area (Å²) in [6.45, 7) is 4.13. The van der Waals surface area contributed by atoms with Crippen molar-refractivity contribution in [3.8, 4) is 0 Å². The minimum atomic E-state index is -4.41. The monoisotopic (exact) mass is 1130 g/mol. The molecular weight excluding hydrogens is 1010 g/mol. The third-order valence-corrected chi connectivity index (χ3v) is 13.2. The first-order chi connectivity index (χ1) is 39.0. The van der Waals surface area contributed by atoms with Gasteiger partial charge in [0.25, 0.3) is 0 Å². The molecule has 0 aromatic heterocycles. The number of allylic oxidation sites excluding steroid dienone is 28. The summed E-state index contributed by atoms with van der Waals surface area (Å²) in [7, 11) is 1.42. The Kier molecular flexibility index (Phi) is 55.6. The topological polar surface area (TPSA) is 108 Å². The molecule has 0 radical (unpaired) electrons. The number of unbranched alkanes of at least 4 members (excludes halogenated alkanes) is 12. The first-order valence-corrected chi connectivity index (χ1v) is 32.4. The lowest BCUT2D eigenvalue weighted by atomic mass is 10.1. The summed E-state index contributed by atoms with van der Waals surface area (Å²) in [5.74, 6) is -0.858. The van der Waals surface area contributed by atoms with Crippen molar-refractivity contribution in [1.82, 2.24) is 0 Å². The number of hydrogen-bond donors (Lipinski definition) is 1. The number of phosphoric acid groups is 1. The fourth-order valence-corrected chi connectivity index (χ4v) is 8.30. The number of carbonyl (C=O) groups is 2. The van der Waals surface area contributed by atoms with Gasteiger partial charge in [0.2, 0.25) is 0 Å². The molecular formula is C70H113NO8P+. The third-order valence-electron chi connectivity index (χ3n) is 12.2. The summed E-state index contributed by atoms with van der Waals surface area (Å²) in [5, 5.41) is 0. The normalized spacial score (nSPS) is 14.4. The molecule has 0 amide bonds. The zero-order chi connectivity index (χ0) is 58.4. The minimum absolute atomic E-state index is 0.0134. The van der Waals surface area contributed by atoms with E-state index in [4.69, 9.17) is 18.5 Å². The molecule has 2 unspecified atom stereocenters. The second-order valence-electron chi connectivity index (χ2n) is 21.0. The van der Waals surface area contributed by atoms with Gasteiger partial charge in [-0.3, -0.25) is 18.6 Å². The predicted octanol–water partition coefficient (Wildman–Crippen LogP) is 19.8. The first-order valence-electron chi connectivity index (χ1n) is 30.9. The van der Waals surface area contributed by atoms with Crippen LogP contribution in [0, 0.1) is 0 Å². The van der Waals surface area contributed by atoms with Crippen LogP contribution in [-0.2, 0) is 32.7 Å². The summed E-state index contributed by atoms with van der Waals surface area (Å²) in [6, 6.07) is 0. The van der Waals surface area contributed by atoms with E-state index in [9.17, 15) is 19.0 Å². The molecule has 0 aromatic rings. The van der Waals surface area contributed by atoms with E-state index in [2.05, 4.69) is 184 Å². The third kappa shape index (κ3) is 62.6. The van der Waals surface area contributed by atoms with E-state index in [0.29, 0.717) is 17.4 Å². The molecule has 10 heteroatoms. The molecule has 0 aliphatic rings. The van der Waals surface area contributed by atoms with Crippen LogP contribution in [0.1, 0.15) is 206 Å². The average Bonchev–Trinajstić information content (AvgIpc) is 3.42. The molecule has 450 valence electrons. The Hall–Kier alpha value is -4.63. The van der Waals surface area contributed by atoms with Crippen LogP contribution in [-0.4, -0.2) is 74.9 Å². The standard InChI is InChI=1S/C70H112NO8P/c1-6-8-10-12-14-16-18-20-22-24-26-28-30-32-33-34-35-36-37-39-41-43-45-47-49-51-53-55-57-59-61-63-70(73)79-68(67-78-80(74,75)77-65-64-71(3,4)5)66-76-69(72)62-60-58-56-54-52-50-48-46-44-42-40-38-31-29-27-25-23-21-19-17-15-13-11-9-7-2/h8-11,14-17,20-23,26-29,32-33,35-36,38-41,45,47,51,53,68H,6-7,12-13,18-19,24-25,30-31,34,37,42-44,46,48-50,52,54-67H2,1-5H3/p+1/b10-8-,11-9-,16-14-,17-15-,22-20-,23-21-,28-26-,29-27-,33-32-,36-35-,40-38-,41-39-,47-45-,53-51-. The predicted molar refractivity (Wildman–Crippen MR) is 343 cm³/mol. The van der Waals surface area contributed by atoms with Gasteiger partial charge in [0.15, 0.2) is 6.10 Å². The van der Waals surface area contributed by atoms with Crippen molar-refractivity contribution in [2.45, 2.75) is 213 Å². The summed E-state index contributed by atoms with van der Waals surface area (Å²) in [6.07, 6.45) is 90.0. The molecule has 80 heavy (non-hydrogen) atoms. The molecule has 0 spiro atoms. The van der Waals surface area contributed by atoms with Gasteiger partial charge in [0.1, 0.15) is 19.8 Å². The van der Waals surface area contributed by atoms with Gasteiger partial charge in [-0.15, -0.1) is 0 Å². The van der Waals surface area contributed by atoms with Gasteiger partial charge in [0, 0.05) is 12.8 Å². The Morgan fingerprint density at radius 2 is 0.675 bits per heavy atom. The number of esters is 2. The van der Waals surface area contributed by atoms with Gasteiger partial charge < -0.3 is 18.9 Å². The molecule has 0 fully saturated rings. The second-order valence-corrected chi connectivity index (χ2v) is 22.4. The first kappa shape index (κ1) is 75.4. The van der Waals surface area contributed by atoms with Crippen molar-refractivity contribution in [1.29, 1.82) is 0 Å². The average molecular weight is 1130 g/mol. The van der Waals surface area contributed by atoms with Crippen LogP contribution in [0.25, 0.3) is 0 Å². The molecule has 0 heterocycles. The molecule has 0 aliphatic carbocycles. The Balaban J connectivity index is 4.29. The Labute approximate surface area is 489 Å². The van der Waals surface area contributed by atoms with Crippen LogP contribution in [0.5, 0.6) is 0 Å². The lowest BCUT2D eigenvalue weighted by Crippen LogP contribution is -2.37. The summed E-state index contributed by atoms with van der Waals surface area (Å²) in [4.78, 5) is 35.8. The van der Waals surface area contributed by atoms with Gasteiger partial charge in [-0.1, -0.05) is 235 Å². The number of ether oxygens (including phenoxy) is 2. The summed E-state index contributed by atoms with van der Waals surface area (Å²) >= 11 is 0. The zero-order valence-electron chi connectivity index (χ0n) is 51.0. The van der Waals surface area contributed by atoms with Crippen LogP contribution in [0.4, 0.5) is 0 Å². The molecule has 0 saturated carbocycles. The van der Waals surface area contributed by atoms with Gasteiger partial charge >= 0.3 is 19.8 Å². The van der Waals surface area contributed by atoms with Crippen molar-refractivity contribution >= 4 is 19.8 Å². The Morgan fingerprint density at radius 3 is 1.01 bits per heavy atom. The smallest absolute Gasteiger partial charge is 0.462 e. The highest BCUT2D eigenvalue weighted by Gasteiger charge is 2.27. The van der Waals surface area contributed by atoms with E-state index in [1.165, 1.54) is 32.1 Å². The van der Waals surface area contributed by atoms with Gasteiger partial charge in [0.05, 0.1) is 27.7 Å². The number of likely N-dealkylation sites (N-methyl/N-ethyl adjacent to an activating group) is 1. The number of hydrogen-bond acceptors (Lipinski definition) is 7. The van der Waals surface area contributed by atoms with Crippen molar-refractivity contribution in [3.05, 3.63) is 170 Å². The maximum Gasteiger partial charge on any atom is 0.472 e. The number of quaternary nitrogens is 1. The maximum atomic E-state index is 12.8. The highest BCUT2D eigenvalue weighted by Crippen LogP contribution is 2.43. The van der Waals surface area contributed by atoms with Crippen molar-refractivity contribution in [3.63, 3.8) is 0 Å². The molecule has 2 atom stereocenters. The minimum Gasteiger partial charge on any atom is -0.462 e.